The van der Waals surface area contributed by atoms with E-state index in [1.165, 1.54) is 0 Å². The van der Waals surface area contributed by atoms with Crippen molar-refractivity contribution in [2.75, 3.05) is 18.4 Å². The van der Waals surface area contributed by atoms with Crippen molar-refractivity contribution >= 4 is 28.5 Å². The van der Waals surface area contributed by atoms with Crippen molar-refractivity contribution in [2.24, 2.45) is 11.8 Å². The summed E-state index contributed by atoms with van der Waals surface area (Å²) < 4.78 is 7.74. The number of ether oxygens (including phenoxy) is 1. The summed E-state index contributed by atoms with van der Waals surface area (Å²) in [5, 5.41) is 7.12. The lowest BCUT2D eigenvalue weighted by Crippen LogP contribution is -2.34. The summed E-state index contributed by atoms with van der Waals surface area (Å²) in [4.78, 5) is 29.2. The number of nitrogens with one attached hydrogen (secondary N) is 2. The van der Waals surface area contributed by atoms with Gasteiger partial charge < -0.3 is 15.4 Å². The highest BCUT2D eigenvalue weighted by Crippen LogP contribution is 2.34. The molecule has 7 heteroatoms. The van der Waals surface area contributed by atoms with Crippen LogP contribution in [0.5, 0.6) is 11.5 Å². The molecule has 1 saturated heterocycles. The molecule has 0 atom stereocenters. The molecule has 3 aromatic rings. The van der Waals surface area contributed by atoms with Gasteiger partial charge in [-0.25, -0.2) is 4.98 Å². The number of aromatic nitrogens is 2. The first-order chi connectivity index (χ1) is 15.2. The molecule has 1 amide bonds. The minimum Gasteiger partial charge on any atom is -0.457 e. The maximum Gasteiger partial charge on any atom is 0.231 e. The molecular formula is C24H26N4O3. The smallest absolute Gasteiger partial charge is 0.231 e. The number of hydrogen-bond acceptors (Lipinski definition) is 5. The zero-order valence-electron chi connectivity index (χ0n) is 17.3. The molecule has 1 aliphatic carbocycles. The molecule has 7 nitrogen and oxygen atoms in total. The topological polar surface area (TPSA) is 85.2 Å². The van der Waals surface area contributed by atoms with Gasteiger partial charge in [0.25, 0.3) is 0 Å². The summed E-state index contributed by atoms with van der Waals surface area (Å²) in [5.41, 5.74) is 0.891. The van der Waals surface area contributed by atoms with Gasteiger partial charge in [-0.15, -0.1) is 0 Å². The fourth-order valence-corrected chi connectivity index (χ4v) is 4.06. The Morgan fingerprint density at radius 2 is 1.87 bits per heavy atom. The van der Waals surface area contributed by atoms with Gasteiger partial charge in [0.15, 0.2) is 0 Å². The summed E-state index contributed by atoms with van der Waals surface area (Å²) >= 11 is 0. The van der Waals surface area contributed by atoms with Gasteiger partial charge in [-0.05, 0) is 75.0 Å². The fraction of sp³-hybridized carbons (Fsp3) is 0.375. The van der Waals surface area contributed by atoms with Crippen molar-refractivity contribution in [3.8, 4) is 11.5 Å². The van der Waals surface area contributed by atoms with Crippen molar-refractivity contribution in [2.45, 2.75) is 32.1 Å². The fourth-order valence-electron chi connectivity index (χ4n) is 4.06. The largest absolute Gasteiger partial charge is 0.457 e. The molecule has 2 N–H and O–H groups in total. The molecule has 0 spiro atoms. The van der Waals surface area contributed by atoms with E-state index >= 15 is 0 Å². The number of fused-ring (bicyclic) bond motifs is 1. The van der Waals surface area contributed by atoms with Crippen molar-refractivity contribution < 1.29 is 14.3 Å². The number of anilines is 1. The van der Waals surface area contributed by atoms with Crippen LogP contribution in [-0.4, -0.2) is 34.5 Å². The molecule has 5 rings (SSSR count). The van der Waals surface area contributed by atoms with E-state index in [1.807, 2.05) is 30.5 Å². The number of amides is 1. The lowest BCUT2D eigenvalue weighted by molar-refractivity contribution is -0.120. The zero-order valence-corrected chi connectivity index (χ0v) is 17.3. The molecule has 3 heterocycles. The summed E-state index contributed by atoms with van der Waals surface area (Å²) in [7, 11) is 0. The number of nitrogens with zero attached hydrogens (tertiary/aromatic N) is 2. The highest BCUT2D eigenvalue weighted by Gasteiger charge is 2.25. The molecule has 0 radical (unpaired) electrons. The zero-order chi connectivity index (χ0) is 21.2. The van der Waals surface area contributed by atoms with Gasteiger partial charge in [-0.2, -0.15) is 0 Å². The Morgan fingerprint density at radius 1 is 1.06 bits per heavy atom. The number of pyridine rings is 1. The molecule has 2 aromatic heterocycles. The maximum absolute atomic E-state index is 12.5. The van der Waals surface area contributed by atoms with Gasteiger partial charge >= 0.3 is 0 Å². The van der Waals surface area contributed by atoms with Crippen LogP contribution in [0, 0.1) is 11.8 Å². The first-order valence-electron chi connectivity index (χ1n) is 11.0. The standard InChI is InChI=1S/C24H26N4O3/c29-23(13-16-1-2-16)28-12-8-18-14-19(3-4-21(18)28)31-20-7-11-26-22(15-20)27-24(30)17-5-9-25-10-6-17/h3-4,7-8,11-12,14-17,25H,1-2,5-6,9-10,13H2,(H,26,27,30). The van der Waals surface area contributed by atoms with Gasteiger partial charge in [0.05, 0.1) is 5.52 Å². The van der Waals surface area contributed by atoms with Crippen LogP contribution in [0.1, 0.15) is 36.9 Å². The van der Waals surface area contributed by atoms with Crippen LogP contribution < -0.4 is 15.4 Å². The Bertz CT molecular complexity index is 1110. The first-order valence-corrected chi connectivity index (χ1v) is 11.0. The van der Waals surface area contributed by atoms with Crippen LogP contribution in [0.3, 0.4) is 0 Å². The van der Waals surface area contributed by atoms with Crippen LogP contribution in [0.2, 0.25) is 0 Å². The van der Waals surface area contributed by atoms with E-state index in [9.17, 15) is 9.59 Å². The molecule has 1 saturated carbocycles. The Hall–Kier alpha value is -3.19. The van der Waals surface area contributed by atoms with E-state index in [4.69, 9.17) is 4.74 Å². The van der Waals surface area contributed by atoms with E-state index in [0.717, 1.165) is 49.7 Å². The highest BCUT2D eigenvalue weighted by molar-refractivity contribution is 5.93. The second-order valence-corrected chi connectivity index (χ2v) is 8.44. The molecule has 160 valence electrons. The monoisotopic (exact) mass is 418 g/mol. The minimum absolute atomic E-state index is 0.00442. The molecule has 1 aliphatic heterocycles. The number of benzene rings is 1. The Morgan fingerprint density at radius 3 is 2.68 bits per heavy atom. The average Bonchev–Trinajstić information content (AvgIpc) is 3.50. The molecule has 0 bridgehead atoms. The Labute approximate surface area is 180 Å². The van der Waals surface area contributed by atoms with Crippen LogP contribution in [0.4, 0.5) is 5.82 Å². The van der Waals surface area contributed by atoms with Crippen LogP contribution in [0.25, 0.3) is 10.9 Å². The van der Waals surface area contributed by atoms with Gasteiger partial charge in [0.1, 0.15) is 17.3 Å². The highest BCUT2D eigenvalue weighted by atomic mass is 16.5. The summed E-state index contributed by atoms with van der Waals surface area (Å²) in [6.45, 7) is 1.73. The Kier molecular flexibility index (Phi) is 5.42. The Balaban J connectivity index is 1.27. The van der Waals surface area contributed by atoms with Crippen LogP contribution in [0.15, 0.2) is 48.8 Å². The lowest BCUT2D eigenvalue weighted by atomic mass is 9.97. The number of rotatable bonds is 6. The maximum atomic E-state index is 12.5. The summed E-state index contributed by atoms with van der Waals surface area (Å²) in [6, 6.07) is 11.1. The third kappa shape index (κ3) is 4.61. The summed E-state index contributed by atoms with van der Waals surface area (Å²) in [6.07, 6.45) is 8.07. The number of carbonyl (C=O) groups is 2. The second kappa shape index (κ2) is 8.51. The van der Waals surface area contributed by atoms with Crippen molar-refractivity contribution in [1.29, 1.82) is 0 Å². The lowest BCUT2D eigenvalue weighted by Gasteiger charge is -2.21. The van der Waals surface area contributed by atoms with Gasteiger partial charge in [-0.1, -0.05) is 0 Å². The number of carbonyl (C=O) groups excluding carboxylic acids is 2. The normalized spacial score (nSPS) is 16.9. The molecular weight excluding hydrogens is 392 g/mol. The third-order valence-corrected chi connectivity index (χ3v) is 6.02. The number of hydrogen-bond donors (Lipinski definition) is 2. The summed E-state index contributed by atoms with van der Waals surface area (Å²) in [5.74, 6) is 2.48. The predicted octanol–water partition coefficient (Wildman–Crippen LogP) is 4.21. The van der Waals surface area contributed by atoms with E-state index in [2.05, 4.69) is 15.6 Å². The van der Waals surface area contributed by atoms with E-state index in [1.54, 1.807) is 22.9 Å². The molecule has 31 heavy (non-hydrogen) atoms. The van der Waals surface area contributed by atoms with Crippen molar-refractivity contribution in [3.05, 3.63) is 48.8 Å². The average molecular weight is 418 g/mol. The third-order valence-electron chi connectivity index (χ3n) is 6.02. The van der Waals surface area contributed by atoms with Gasteiger partial charge in [-0.3, -0.25) is 14.2 Å². The minimum atomic E-state index is 0.00442. The van der Waals surface area contributed by atoms with E-state index < -0.39 is 0 Å². The second-order valence-electron chi connectivity index (χ2n) is 8.44. The SMILES string of the molecule is O=C(Nc1cc(Oc2ccc3c(ccn3C(=O)CC3CC3)c2)ccn1)C1CCNCC1. The van der Waals surface area contributed by atoms with Crippen LogP contribution in [-0.2, 0) is 4.79 Å². The molecule has 2 fully saturated rings. The van der Waals surface area contributed by atoms with Crippen molar-refractivity contribution in [1.82, 2.24) is 14.9 Å². The van der Waals surface area contributed by atoms with Gasteiger partial charge in [0, 0.05) is 36.2 Å². The predicted molar refractivity (Wildman–Crippen MR) is 118 cm³/mol. The molecule has 0 unspecified atom stereocenters. The van der Waals surface area contributed by atoms with Crippen LogP contribution >= 0.6 is 0 Å². The number of piperidine rings is 1. The van der Waals surface area contributed by atoms with Crippen molar-refractivity contribution in [3.63, 3.8) is 0 Å². The van der Waals surface area contributed by atoms with Gasteiger partial charge in [0.2, 0.25) is 11.8 Å². The first kappa shape index (κ1) is 19.8. The molecule has 2 aliphatic rings. The van der Waals surface area contributed by atoms with E-state index in [-0.39, 0.29) is 17.7 Å². The molecule has 1 aromatic carbocycles. The quantitative estimate of drug-likeness (QED) is 0.626. The van der Waals surface area contributed by atoms with E-state index in [0.29, 0.717) is 29.7 Å².